The summed E-state index contributed by atoms with van der Waals surface area (Å²) in [6, 6.07) is 1.67. The number of amides is 1. The van der Waals surface area contributed by atoms with E-state index in [2.05, 4.69) is 11.9 Å². The van der Waals surface area contributed by atoms with Gasteiger partial charge in [-0.2, -0.15) is 0 Å². The molecule has 2 rings (SSSR count). The van der Waals surface area contributed by atoms with E-state index in [1.165, 1.54) is 4.57 Å². The first-order valence-corrected chi connectivity index (χ1v) is 6.91. The van der Waals surface area contributed by atoms with Gasteiger partial charge in [-0.1, -0.05) is 0 Å². The van der Waals surface area contributed by atoms with Gasteiger partial charge in [-0.25, -0.2) is 0 Å². The van der Waals surface area contributed by atoms with E-state index >= 15 is 0 Å². The number of carbonyl (C=O) groups is 1. The van der Waals surface area contributed by atoms with Crippen LogP contribution in [0.5, 0.6) is 0 Å². The van der Waals surface area contributed by atoms with Crippen molar-refractivity contribution in [2.45, 2.75) is 0 Å². The Morgan fingerprint density at radius 3 is 2.39 bits per heavy atom. The molecule has 0 aromatic carbocycles. The van der Waals surface area contributed by atoms with Gasteiger partial charge in [0.2, 0.25) is 0 Å². The van der Waals surface area contributed by atoms with Gasteiger partial charge < -0.3 is 14.4 Å². The normalized spacial score (nSPS) is 16.9. The topological polar surface area (TPSA) is 45.6 Å². The fourth-order valence-electron chi connectivity index (χ4n) is 1.98. The number of likely N-dealkylation sites (N-methyl/N-ethyl adjacent to an activating group) is 1. The Morgan fingerprint density at radius 2 is 1.83 bits per heavy atom. The lowest BCUT2D eigenvalue weighted by atomic mass is 10.2. The summed E-state index contributed by atoms with van der Waals surface area (Å²) in [4.78, 5) is 27.9. The summed E-state index contributed by atoms with van der Waals surface area (Å²) in [7, 11) is 3.72. The number of piperazine rings is 1. The number of rotatable bonds is 1. The minimum atomic E-state index is -0.0643. The molecule has 6 heteroatoms. The van der Waals surface area contributed by atoms with Crippen LogP contribution in [-0.2, 0) is 7.05 Å². The van der Waals surface area contributed by atoms with Crippen LogP contribution in [0.1, 0.15) is 10.4 Å². The number of halogens is 1. The number of pyridine rings is 1. The van der Waals surface area contributed by atoms with E-state index < -0.39 is 0 Å². The van der Waals surface area contributed by atoms with E-state index in [-0.39, 0.29) is 11.5 Å². The molecule has 0 radical (unpaired) electrons. The van der Waals surface area contributed by atoms with E-state index in [1.807, 2.05) is 27.5 Å². The molecule has 0 bridgehead atoms. The number of aromatic nitrogens is 1. The highest BCUT2D eigenvalue weighted by Gasteiger charge is 2.21. The van der Waals surface area contributed by atoms with Crippen LogP contribution in [0, 0.1) is 3.57 Å². The summed E-state index contributed by atoms with van der Waals surface area (Å²) >= 11 is 1.97. The summed E-state index contributed by atoms with van der Waals surface area (Å²) in [5.41, 5.74) is 0.525. The van der Waals surface area contributed by atoms with Crippen molar-refractivity contribution in [2.24, 2.45) is 7.05 Å². The van der Waals surface area contributed by atoms with E-state index in [0.29, 0.717) is 9.13 Å². The van der Waals surface area contributed by atoms with Gasteiger partial charge in [-0.3, -0.25) is 9.59 Å². The molecule has 1 amide bonds. The second-order valence-electron chi connectivity index (χ2n) is 4.59. The lowest BCUT2D eigenvalue weighted by Crippen LogP contribution is -2.47. The zero-order valence-corrected chi connectivity index (χ0v) is 12.7. The lowest BCUT2D eigenvalue weighted by molar-refractivity contribution is 0.0663. The molecular formula is C12H16IN3O2. The first-order chi connectivity index (χ1) is 8.49. The van der Waals surface area contributed by atoms with Gasteiger partial charge in [0.15, 0.2) is 0 Å². The third-order valence-corrected chi connectivity index (χ3v) is 3.95. The minimum Gasteiger partial charge on any atom is -0.336 e. The monoisotopic (exact) mass is 361 g/mol. The molecule has 0 saturated carbocycles. The highest BCUT2D eigenvalue weighted by atomic mass is 127. The molecule has 0 atom stereocenters. The summed E-state index contributed by atoms with van der Waals surface area (Å²) in [5, 5.41) is 0. The van der Waals surface area contributed by atoms with Gasteiger partial charge in [-0.05, 0) is 35.7 Å². The molecule has 98 valence electrons. The summed E-state index contributed by atoms with van der Waals surface area (Å²) < 4.78 is 2.04. The van der Waals surface area contributed by atoms with Gasteiger partial charge in [0.25, 0.3) is 11.5 Å². The fourth-order valence-corrected chi connectivity index (χ4v) is 2.70. The molecule has 5 nitrogen and oxygen atoms in total. The van der Waals surface area contributed by atoms with E-state index in [0.717, 1.165) is 26.2 Å². The maximum absolute atomic E-state index is 12.3. The van der Waals surface area contributed by atoms with E-state index in [9.17, 15) is 9.59 Å². The Bertz CT molecular complexity index is 492. The van der Waals surface area contributed by atoms with Crippen molar-refractivity contribution in [3.8, 4) is 0 Å². The maximum atomic E-state index is 12.3. The molecular weight excluding hydrogens is 345 g/mol. The average molecular weight is 361 g/mol. The lowest BCUT2D eigenvalue weighted by Gasteiger charge is -2.32. The Labute approximate surface area is 120 Å². The van der Waals surface area contributed by atoms with Crippen molar-refractivity contribution in [2.75, 3.05) is 33.2 Å². The van der Waals surface area contributed by atoms with Gasteiger partial charge in [0.1, 0.15) is 0 Å². The molecule has 1 aliphatic heterocycles. The van der Waals surface area contributed by atoms with Crippen molar-refractivity contribution >= 4 is 28.5 Å². The molecule has 0 N–H and O–H groups in total. The minimum absolute atomic E-state index is 0.0108. The highest BCUT2D eigenvalue weighted by molar-refractivity contribution is 14.1. The van der Waals surface area contributed by atoms with Crippen LogP contribution in [-0.4, -0.2) is 53.5 Å². The fraction of sp³-hybridized carbons (Fsp3) is 0.500. The number of hydrogen-bond donors (Lipinski definition) is 0. The van der Waals surface area contributed by atoms with Crippen molar-refractivity contribution in [3.63, 3.8) is 0 Å². The molecule has 2 heterocycles. The smallest absolute Gasteiger partial charge is 0.263 e. The molecule has 1 aromatic heterocycles. The number of aryl methyl sites for hydroxylation is 1. The Hall–Kier alpha value is -0.890. The molecule has 0 spiro atoms. The predicted molar refractivity (Wildman–Crippen MR) is 77.8 cm³/mol. The SMILES string of the molecule is CN1CCN(C(=O)c2cc(I)c(=O)n(C)c2)CC1. The molecule has 1 aromatic rings. The van der Waals surface area contributed by atoms with Gasteiger partial charge in [-0.15, -0.1) is 0 Å². The van der Waals surface area contributed by atoms with Crippen molar-refractivity contribution in [1.29, 1.82) is 0 Å². The van der Waals surface area contributed by atoms with Gasteiger partial charge in [0.05, 0.1) is 9.13 Å². The van der Waals surface area contributed by atoms with Gasteiger partial charge >= 0.3 is 0 Å². The number of carbonyl (C=O) groups excluding carboxylic acids is 1. The third kappa shape index (κ3) is 2.74. The van der Waals surface area contributed by atoms with Crippen LogP contribution >= 0.6 is 22.6 Å². The summed E-state index contributed by atoms with van der Waals surface area (Å²) in [5.74, 6) is 0.0108. The van der Waals surface area contributed by atoms with Crippen molar-refractivity contribution in [3.05, 3.63) is 31.8 Å². The van der Waals surface area contributed by atoms with E-state index in [1.54, 1.807) is 19.3 Å². The number of nitrogens with zero attached hydrogens (tertiary/aromatic N) is 3. The summed E-state index contributed by atoms with van der Waals surface area (Å²) in [6.07, 6.45) is 1.62. The standard InChI is InChI=1S/C12H16IN3O2/c1-14-3-5-16(6-4-14)11(17)9-7-10(13)12(18)15(2)8-9/h7-8H,3-6H2,1-2H3. The van der Waals surface area contributed by atoms with Crippen LogP contribution in [0.3, 0.4) is 0 Å². The van der Waals surface area contributed by atoms with E-state index in [4.69, 9.17) is 0 Å². The van der Waals surface area contributed by atoms with Crippen molar-refractivity contribution < 1.29 is 4.79 Å². The third-order valence-electron chi connectivity index (χ3n) is 3.18. The van der Waals surface area contributed by atoms with Crippen LogP contribution in [0.4, 0.5) is 0 Å². The van der Waals surface area contributed by atoms with Crippen LogP contribution in [0.15, 0.2) is 17.1 Å². The first kappa shape index (κ1) is 13.5. The molecule has 0 aliphatic carbocycles. The Morgan fingerprint density at radius 1 is 1.22 bits per heavy atom. The zero-order chi connectivity index (χ0) is 13.3. The highest BCUT2D eigenvalue weighted by Crippen LogP contribution is 2.09. The molecule has 0 unspecified atom stereocenters. The Kier molecular flexibility index (Phi) is 4.06. The van der Waals surface area contributed by atoms with Crippen LogP contribution in [0.25, 0.3) is 0 Å². The first-order valence-electron chi connectivity index (χ1n) is 5.83. The summed E-state index contributed by atoms with van der Waals surface area (Å²) in [6.45, 7) is 3.28. The molecule has 1 aliphatic rings. The largest absolute Gasteiger partial charge is 0.336 e. The molecule has 1 saturated heterocycles. The molecule has 18 heavy (non-hydrogen) atoms. The van der Waals surface area contributed by atoms with Gasteiger partial charge in [0, 0.05) is 39.4 Å². The van der Waals surface area contributed by atoms with Crippen LogP contribution in [0.2, 0.25) is 0 Å². The Balaban J connectivity index is 2.21. The van der Waals surface area contributed by atoms with Crippen molar-refractivity contribution in [1.82, 2.24) is 14.4 Å². The zero-order valence-electron chi connectivity index (χ0n) is 10.5. The second-order valence-corrected chi connectivity index (χ2v) is 5.75. The molecule has 1 fully saturated rings. The quantitative estimate of drug-likeness (QED) is 0.680. The number of hydrogen-bond acceptors (Lipinski definition) is 3. The second kappa shape index (κ2) is 5.40. The average Bonchev–Trinajstić information content (AvgIpc) is 2.35. The predicted octanol–water partition coefficient (Wildman–Crippen LogP) is 0.377. The van der Waals surface area contributed by atoms with Crippen LogP contribution < -0.4 is 5.56 Å². The maximum Gasteiger partial charge on any atom is 0.263 e.